The molecule has 0 saturated carbocycles. The minimum atomic E-state index is -0.567. The predicted molar refractivity (Wildman–Crippen MR) is 78.0 cm³/mol. The molecule has 0 spiro atoms. The van der Waals surface area contributed by atoms with E-state index in [1.807, 2.05) is 6.07 Å². The SMILES string of the molecule is COc1cccc(CCl)c1OCc1cccc(C#N)c1F. The second kappa shape index (κ2) is 6.96. The molecule has 0 aliphatic carbocycles. The summed E-state index contributed by atoms with van der Waals surface area (Å²) in [6.07, 6.45) is 0. The summed E-state index contributed by atoms with van der Waals surface area (Å²) in [7, 11) is 1.52. The monoisotopic (exact) mass is 305 g/mol. The lowest BCUT2D eigenvalue weighted by Gasteiger charge is -2.14. The van der Waals surface area contributed by atoms with Crippen molar-refractivity contribution >= 4 is 11.6 Å². The van der Waals surface area contributed by atoms with Crippen LogP contribution in [0.2, 0.25) is 0 Å². The van der Waals surface area contributed by atoms with Gasteiger partial charge in [-0.2, -0.15) is 5.26 Å². The van der Waals surface area contributed by atoms with Crippen LogP contribution in [0.25, 0.3) is 0 Å². The molecule has 0 N–H and O–H groups in total. The van der Waals surface area contributed by atoms with Crippen LogP contribution in [-0.4, -0.2) is 7.11 Å². The molecule has 0 radical (unpaired) electrons. The molecule has 0 aliphatic rings. The fourth-order valence-electron chi connectivity index (χ4n) is 1.92. The molecule has 2 aromatic rings. The molecule has 0 fully saturated rings. The zero-order chi connectivity index (χ0) is 15.2. The molecule has 21 heavy (non-hydrogen) atoms. The molecule has 0 unspecified atom stereocenters. The molecule has 2 rings (SSSR count). The summed E-state index contributed by atoms with van der Waals surface area (Å²) in [4.78, 5) is 0. The third-order valence-corrected chi connectivity index (χ3v) is 3.28. The van der Waals surface area contributed by atoms with Crippen molar-refractivity contribution in [3.8, 4) is 17.6 Å². The molecule has 0 amide bonds. The lowest BCUT2D eigenvalue weighted by atomic mass is 10.1. The predicted octanol–water partition coefficient (Wildman–Crippen LogP) is 4.02. The summed E-state index contributed by atoms with van der Waals surface area (Å²) in [5.41, 5.74) is 1.06. The lowest BCUT2D eigenvalue weighted by Crippen LogP contribution is -2.03. The van der Waals surface area contributed by atoms with E-state index in [9.17, 15) is 4.39 Å². The van der Waals surface area contributed by atoms with Gasteiger partial charge in [-0.3, -0.25) is 0 Å². The number of para-hydroxylation sites is 1. The van der Waals surface area contributed by atoms with Crippen LogP contribution < -0.4 is 9.47 Å². The second-order valence-corrected chi connectivity index (χ2v) is 4.53. The topological polar surface area (TPSA) is 42.2 Å². The summed E-state index contributed by atoms with van der Waals surface area (Å²) in [6.45, 7) is -0.00832. The van der Waals surface area contributed by atoms with Crippen molar-refractivity contribution in [2.45, 2.75) is 12.5 Å². The molecule has 0 aliphatic heterocycles. The average Bonchev–Trinajstić information content (AvgIpc) is 2.53. The van der Waals surface area contributed by atoms with Crippen LogP contribution in [-0.2, 0) is 12.5 Å². The van der Waals surface area contributed by atoms with E-state index in [0.29, 0.717) is 17.1 Å². The van der Waals surface area contributed by atoms with Gasteiger partial charge in [-0.05, 0) is 12.1 Å². The maximum Gasteiger partial charge on any atom is 0.166 e. The highest BCUT2D eigenvalue weighted by Crippen LogP contribution is 2.33. The first-order chi connectivity index (χ1) is 10.2. The minimum Gasteiger partial charge on any atom is -0.493 e. The van der Waals surface area contributed by atoms with Gasteiger partial charge < -0.3 is 9.47 Å². The molecule has 2 aromatic carbocycles. The fourth-order valence-corrected chi connectivity index (χ4v) is 2.13. The van der Waals surface area contributed by atoms with Gasteiger partial charge in [0.1, 0.15) is 18.5 Å². The van der Waals surface area contributed by atoms with Gasteiger partial charge in [0.2, 0.25) is 0 Å². The van der Waals surface area contributed by atoms with Gasteiger partial charge in [-0.1, -0.05) is 24.3 Å². The number of halogens is 2. The summed E-state index contributed by atoms with van der Waals surface area (Å²) < 4.78 is 24.9. The maximum absolute atomic E-state index is 14.0. The van der Waals surface area contributed by atoms with E-state index in [2.05, 4.69) is 0 Å². The molecule has 108 valence electrons. The average molecular weight is 306 g/mol. The van der Waals surface area contributed by atoms with E-state index in [-0.39, 0.29) is 18.1 Å². The quantitative estimate of drug-likeness (QED) is 0.783. The van der Waals surface area contributed by atoms with E-state index in [1.54, 1.807) is 30.3 Å². The highest BCUT2D eigenvalue weighted by atomic mass is 35.5. The number of ether oxygens (including phenoxy) is 2. The van der Waals surface area contributed by atoms with Crippen LogP contribution in [0.3, 0.4) is 0 Å². The fraction of sp³-hybridized carbons (Fsp3) is 0.188. The summed E-state index contributed by atoms with van der Waals surface area (Å²) >= 11 is 5.87. The Hall–Kier alpha value is -2.25. The van der Waals surface area contributed by atoms with Crippen molar-refractivity contribution in [2.24, 2.45) is 0 Å². The van der Waals surface area contributed by atoms with Crippen LogP contribution in [0.4, 0.5) is 4.39 Å². The molecule has 0 saturated heterocycles. The summed E-state index contributed by atoms with van der Waals surface area (Å²) in [5, 5.41) is 8.82. The Morgan fingerprint density at radius 3 is 2.57 bits per heavy atom. The molecule has 5 heteroatoms. The van der Waals surface area contributed by atoms with Crippen molar-refractivity contribution in [3.63, 3.8) is 0 Å². The molecule has 0 bridgehead atoms. The molecule has 0 aromatic heterocycles. The number of nitriles is 1. The largest absolute Gasteiger partial charge is 0.493 e. The van der Waals surface area contributed by atoms with Crippen LogP contribution in [0, 0.1) is 17.1 Å². The standard InChI is InChI=1S/C16H13ClFNO2/c1-20-14-7-3-4-11(8-17)16(14)21-10-13-6-2-5-12(9-19)15(13)18/h2-7H,8,10H2,1H3. The van der Waals surface area contributed by atoms with Crippen molar-refractivity contribution in [1.29, 1.82) is 5.26 Å². The van der Waals surface area contributed by atoms with Gasteiger partial charge in [-0.25, -0.2) is 4.39 Å². The van der Waals surface area contributed by atoms with Crippen molar-refractivity contribution in [1.82, 2.24) is 0 Å². The van der Waals surface area contributed by atoms with E-state index in [1.165, 1.54) is 13.2 Å². The van der Waals surface area contributed by atoms with Crippen LogP contribution in [0.1, 0.15) is 16.7 Å². The van der Waals surface area contributed by atoms with Gasteiger partial charge in [0.15, 0.2) is 11.5 Å². The Morgan fingerprint density at radius 1 is 1.19 bits per heavy atom. The third kappa shape index (κ3) is 3.26. The molecule has 0 atom stereocenters. The zero-order valence-electron chi connectivity index (χ0n) is 11.4. The van der Waals surface area contributed by atoms with Crippen LogP contribution >= 0.6 is 11.6 Å². The molecule has 0 heterocycles. The number of hydrogen-bond donors (Lipinski definition) is 0. The van der Waals surface area contributed by atoms with E-state index < -0.39 is 5.82 Å². The van der Waals surface area contributed by atoms with Gasteiger partial charge >= 0.3 is 0 Å². The Balaban J connectivity index is 2.27. The van der Waals surface area contributed by atoms with E-state index in [0.717, 1.165) is 5.56 Å². The Morgan fingerprint density at radius 2 is 1.90 bits per heavy atom. The Bertz CT molecular complexity index is 660. The molecular formula is C16H13ClFNO2. The summed E-state index contributed by atoms with van der Waals surface area (Å²) in [6, 6.07) is 11.8. The number of alkyl halides is 1. The van der Waals surface area contributed by atoms with Gasteiger partial charge in [0.25, 0.3) is 0 Å². The van der Waals surface area contributed by atoms with Crippen LogP contribution in [0.15, 0.2) is 36.4 Å². The van der Waals surface area contributed by atoms with Crippen molar-refractivity contribution in [2.75, 3.05) is 7.11 Å². The Labute approximate surface area is 127 Å². The van der Waals surface area contributed by atoms with Gasteiger partial charge in [-0.15, -0.1) is 11.6 Å². The smallest absolute Gasteiger partial charge is 0.166 e. The van der Waals surface area contributed by atoms with E-state index in [4.69, 9.17) is 26.3 Å². The van der Waals surface area contributed by atoms with Gasteiger partial charge in [0.05, 0.1) is 18.6 Å². The first-order valence-corrected chi connectivity index (χ1v) is 6.76. The van der Waals surface area contributed by atoms with Crippen LogP contribution in [0.5, 0.6) is 11.5 Å². The molecular weight excluding hydrogens is 293 g/mol. The van der Waals surface area contributed by atoms with Crippen molar-refractivity contribution in [3.05, 3.63) is 58.9 Å². The minimum absolute atomic E-state index is 0.00584. The normalized spacial score (nSPS) is 10.0. The summed E-state index contributed by atoms with van der Waals surface area (Å²) in [5.74, 6) is 0.705. The van der Waals surface area contributed by atoms with Gasteiger partial charge in [0, 0.05) is 11.1 Å². The lowest BCUT2D eigenvalue weighted by molar-refractivity contribution is 0.277. The number of methoxy groups -OCH3 is 1. The number of nitrogens with zero attached hydrogens (tertiary/aromatic N) is 1. The Kier molecular flexibility index (Phi) is 5.02. The van der Waals surface area contributed by atoms with E-state index >= 15 is 0 Å². The van der Waals surface area contributed by atoms with Crippen molar-refractivity contribution < 1.29 is 13.9 Å². The third-order valence-electron chi connectivity index (χ3n) is 3.00. The first-order valence-electron chi connectivity index (χ1n) is 6.23. The number of rotatable bonds is 5. The second-order valence-electron chi connectivity index (χ2n) is 4.26. The maximum atomic E-state index is 14.0. The number of benzene rings is 2. The first kappa shape index (κ1) is 15.1. The highest BCUT2D eigenvalue weighted by Gasteiger charge is 2.13. The number of hydrogen-bond acceptors (Lipinski definition) is 3. The molecule has 3 nitrogen and oxygen atoms in total. The zero-order valence-corrected chi connectivity index (χ0v) is 12.2. The highest BCUT2D eigenvalue weighted by molar-refractivity contribution is 6.17.